The number of benzene rings is 3. The van der Waals surface area contributed by atoms with Gasteiger partial charge in [0.25, 0.3) is 0 Å². The summed E-state index contributed by atoms with van der Waals surface area (Å²) < 4.78 is 1.91. The van der Waals surface area contributed by atoms with Gasteiger partial charge in [0.1, 0.15) is 0 Å². The Morgan fingerprint density at radius 3 is 2.38 bits per heavy atom. The first-order valence-electron chi connectivity index (χ1n) is 11.0. The Labute approximate surface area is 188 Å². The molecule has 1 aromatic heterocycles. The maximum atomic E-state index is 4.43. The number of aromatic nitrogens is 2. The summed E-state index contributed by atoms with van der Waals surface area (Å²) >= 11 is 0. The number of fused-ring (bicyclic) bond motifs is 2. The number of hydrogen-bond donors (Lipinski definition) is 0. The van der Waals surface area contributed by atoms with Crippen LogP contribution in [-0.4, -0.2) is 28.4 Å². The summed E-state index contributed by atoms with van der Waals surface area (Å²) in [6.45, 7) is 0.865. The van der Waals surface area contributed by atoms with Gasteiger partial charge in [-0.2, -0.15) is 5.10 Å². The van der Waals surface area contributed by atoms with Crippen LogP contribution in [0.5, 0.6) is 0 Å². The van der Waals surface area contributed by atoms with Crippen LogP contribution in [0.4, 0.5) is 22.7 Å². The summed E-state index contributed by atoms with van der Waals surface area (Å²) in [6, 6.07) is 26.2. The maximum Gasteiger partial charge on any atom is 0.0938 e. The van der Waals surface area contributed by atoms with Gasteiger partial charge < -0.3 is 14.7 Å². The van der Waals surface area contributed by atoms with E-state index in [-0.39, 0.29) is 0 Å². The van der Waals surface area contributed by atoms with Crippen LogP contribution in [0.25, 0.3) is 5.69 Å². The number of hydrogen-bond acceptors (Lipinski definition) is 4. The topological polar surface area (TPSA) is 27.5 Å². The normalized spacial score (nSPS) is 15.0. The molecule has 0 saturated heterocycles. The molecule has 0 amide bonds. The molecule has 0 fully saturated rings. The summed E-state index contributed by atoms with van der Waals surface area (Å²) in [6.07, 6.45) is 10.1. The van der Waals surface area contributed by atoms with Gasteiger partial charge in [-0.15, -0.1) is 0 Å². The van der Waals surface area contributed by atoms with E-state index in [1.54, 1.807) is 0 Å². The lowest BCUT2D eigenvalue weighted by molar-refractivity contribution is 0.496. The second-order valence-corrected chi connectivity index (χ2v) is 8.41. The molecule has 0 saturated carbocycles. The molecule has 0 aliphatic carbocycles. The summed E-state index contributed by atoms with van der Waals surface area (Å²) in [5, 5.41) is 4.43. The minimum Gasteiger partial charge on any atom is -0.361 e. The summed E-state index contributed by atoms with van der Waals surface area (Å²) in [4.78, 5) is 6.89. The zero-order chi connectivity index (χ0) is 21.5. The molecule has 0 radical (unpaired) electrons. The lowest BCUT2D eigenvalue weighted by Gasteiger charge is -2.29. The van der Waals surface area contributed by atoms with Crippen molar-refractivity contribution in [1.82, 2.24) is 14.7 Å². The van der Waals surface area contributed by atoms with Crippen LogP contribution in [0, 0.1) is 0 Å². The minimum atomic E-state index is 0.865. The fourth-order valence-corrected chi connectivity index (χ4v) is 4.66. The van der Waals surface area contributed by atoms with Crippen molar-refractivity contribution in [2.45, 2.75) is 12.8 Å². The molecule has 6 rings (SSSR count). The fraction of sp³-hybridized carbons (Fsp3) is 0.148. The van der Waals surface area contributed by atoms with Gasteiger partial charge in [-0.1, -0.05) is 30.3 Å². The Hall–Kier alpha value is -3.99. The van der Waals surface area contributed by atoms with Gasteiger partial charge in [-0.3, -0.25) is 0 Å². The van der Waals surface area contributed by atoms with Gasteiger partial charge in [0.2, 0.25) is 0 Å². The lowest BCUT2D eigenvalue weighted by Crippen LogP contribution is -2.22. The van der Waals surface area contributed by atoms with E-state index in [4.69, 9.17) is 0 Å². The number of aryl methyl sites for hydroxylation is 2. The molecule has 5 heteroatoms. The highest BCUT2D eigenvalue weighted by molar-refractivity contribution is 5.84. The summed E-state index contributed by atoms with van der Waals surface area (Å²) in [5.74, 6) is 0. The molecule has 4 aromatic rings. The average Bonchev–Trinajstić information content (AvgIpc) is 3.48. The quantitative estimate of drug-likeness (QED) is 0.431. The van der Waals surface area contributed by atoms with Crippen molar-refractivity contribution in [3.8, 4) is 5.69 Å². The molecule has 5 nitrogen and oxygen atoms in total. The molecular formula is C27H25N5. The molecule has 0 spiro atoms. The van der Waals surface area contributed by atoms with Crippen molar-refractivity contribution in [3.63, 3.8) is 0 Å². The number of rotatable bonds is 3. The van der Waals surface area contributed by atoms with Gasteiger partial charge >= 0.3 is 0 Å². The van der Waals surface area contributed by atoms with E-state index in [1.165, 1.54) is 28.2 Å². The Morgan fingerprint density at radius 1 is 0.719 bits per heavy atom. The lowest BCUT2D eigenvalue weighted by atomic mass is 10.0. The molecule has 3 heterocycles. The van der Waals surface area contributed by atoms with E-state index in [0.717, 1.165) is 30.9 Å². The monoisotopic (exact) mass is 419 g/mol. The molecule has 32 heavy (non-hydrogen) atoms. The average molecular weight is 420 g/mol. The third-order valence-electron chi connectivity index (χ3n) is 6.27. The van der Waals surface area contributed by atoms with E-state index in [2.05, 4.69) is 106 Å². The second-order valence-electron chi connectivity index (χ2n) is 8.41. The molecule has 3 aromatic carbocycles. The van der Waals surface area contributed by atoms with Gasteiger partial charge in [0.15, 0.2) is 0 Å². The Kier molecular flexibility index (Phi) is 4.46. The van der Waals surface area contributed by atoms with Crippen LogP contribution < -0.4 is 9.80 Å². The van der Waals surface area contributed by atoms with E-state index >= 15 is 0 Å². The van der Waals surface area contributed by atoms with E-state index < -0.39 is 0 Å². The smallest absolute Gasteiger partial charge is 0.0938 e. The third-order valence-corrected chi connectivity index (χ3v) is 6.27. The van der Waals surface area contributed by atoms with Crippen LogP contribution in [0.3, 0.4) is 0 Å². The fourth-order valence-electron chi connectivity index (χ4n) is 4.66. The zero-order valence-corrected chi connectivity index (χ0v) is 18.1. The van der Waals surface area contributed by atoms with Crippen molar-refractivity contribution < 1.29 is 0 Å². The predicted molar refractivity (Wildman–Crippen MR) is 130 cm³/mol. The molecule has 2 aliphatic rings. The largest absolute Gasteiger partial charge is 0.361 e. The summed E-state index contributed by atoms with van der Waals surface area (Å²) in [5.41, 5.74) is 8.62. The standard InChI is InChI=1S/C27H25N5/c1-29-16-17-30(20-29)23-13-12-22-11-10-21-6-2-3-9-26(21)32(27(22)19-23)25-8-4-7-24(18-25)31-15-5-14-28-31/h2-9,12-19H,10-11,20H2,1H3. The van der Waals surface area contributed by atoms with Gasteiger partial charge in [0, 0.05) is 48.9 Å². The van der Waals surface area contributed by atoms with Crippen molar-refractivity contribution in [3.05, 3.63) is 109 Å². The zero-order valence-electron chi connectivity index (χ0n) is 18.1. The minimum absolute atomic E-state index is 0.865. The molecule has 158 valence electrons. The van der Waals surface area contributed by atoms with Crippen molar-refractivity contribution in [2.75, 3.05) is 23.5 Å². The van der Waals surface area contributed by atoms with Crippen LogP contribution in [0.2, 0.25) is 0 Å². The Morgan fingerprint density at radius 2 is 1.56 bits per heavy atom. The van der Waals surface area contributed by atoms with Crippen LogP contribution in [-0.2, 0) is 12.8 Å². The first kappa shape index (κ1) is 18.8. The van der Waals surface area contributed by atoms with Gasteiger partial charge in [-0.25, -0.2) is 4.68 Å². The highest BCUT2D eigenvalue weighted by Gasteiger charge is 2.24. The molecule has 0 atom stereocenters. The van der Waals surface area contributed by atoms with E-state index in [1.807, 2.05) is 23.1 Å². The second kappa shape index (κ2) is 7.61. The maximum absolute atomic E-state index is 4.43. The van der Waals surface area contributed by atoms with E-state index in [9.17, 15) is 0 Å². The highest BCUT2D eigenvalue weighted by Crippen LogP contribution is 2.43. The van der Waals surface area contributed by atoms with Crippen molar-refractivity contribution in [1.29, 1.82) is 0 Å². The van der Waals surface area contributed by atoms with Gasteiger partial charge in [0.05, 0.1) is 18.0 Å². The first-order valence-corrected chi connectivity index (χ1v) is 11.0. The number of anilines is 4. The first-order chi connectivity index (χ1) is 15.8. The number of nitrogens with zero attached hydrogens (tertiary/aromatic N) is 5. The molecule has 2 aliphatic heterocycles. The van der Waals surface area contributed by atoms with Crippen LogP contribution in [0.1, 0.15) is 11.1 Å². The third kappa shape index (κ3) is 3.23. The van der Waals surface area contributed by atoms with Crippen LogP contribution in [0.15, 0.2) is 97.6 Å². The molecular weight excluding hydrogens is 394 g/mol. The predicted octanol–water partition coefficient (Wildman–Crippen LogP) is 5.62. The summed E-state index contributed by atoms with van der Waals surface area (Å²) in [7, 11) is 2.10. The van der Waals surface area contributed by atoms with Crippen molar-refractivity contribution >= 4 is 22.7 Å². The molecule has 0 unspecified atom stereocenters. The molecule has 0 N–H and O–H groups in total. The van der Waals surface area contributed by atoms with Crippen molar-refractivity contribution in [2.24, 2.45) is 0 Å². The van der Waals surface area contributed by atoms with Gasteiger partial charge in [-0.05, 0) is 66.4 Å². The molecule has 0 bridgehead atoms. The SMILES string of the molecule is CN1C=CN(c2ccc3c(c2)N(c2cccc(-n4cccn4)c2)c2ccccc2CC3)C1. The highest BCUT2D eigenvalue weighted by atomic mass is 15.3. The Bertz CT molecular complexity index is 1290. The number of para-hydroxylation sites is 1. The Balaban J connectivity index is 1.52. The van der Waals surface area contributed by atoms with E-state index in [0.29, 0.717) is 0 Å². The van der Waals surface area contributed by atoms with Crippen LogP contribution >= 0.6 is 0 Å².